The summed E-state index contributed by atoms with van der Waals surface area (Å²) < 4.78 is 0. The maximum atomic E-state index is 12.8. The van der Waals surface area contributed by atoms with Crippen LogP contribution in [0, 0.1) is 0 Å². The van der Waals surface area contributed by atoms with Crippen LogP contribution in [0.4, 0.5) is 10.5 Å². The Morgan fingerprint density at radius 3 is 2.14 bits per heavy atom. The lowest BCUT2D eigenvalue weighted by atomic mass is 9.91. The summed E-state index contributed by atoms with van der Waals surface area (Å²) in [5.74, 6) is -0.0154. The highest BCUT2D eigenvalue weighted by molar-refractivity contribution is 6.31. The number of anilines is 1. The summed E-state index contributed by atoms with van der Waals surface area (Å²) in [7, 11) is 0. The summed E-state index contributed by atoms with van der Waals surface area (Å²) in [5.41, 5.74) is 3.56. The molecule has 0 saturated carbocycles. The summed E-state index contributed by atoms with van der Waals surface area (Å²) in [6, 6.07) is 24.3. The average Bonchev–Trinajstić information content (AvgIpc) is 3.16. The van der Waals surface area contributed by atoms with E-state index < -0.39 is 0 Å². The second-order valence-corrected chi connectivity index (χ2v) is 7.35. The Bertz CT molecular complexity index is 1000. The summed E-state index contributed by atoms with van der Waals surface area (Å²) in [5, 5.41) is 10.2. The predicted octanol–water partition coefficient (Wildman–Crippen LogP) is 6.03. The Kier molecular flexibility index (Phi) is 5.33. The van der Waals surface area contributed by atoms with Crippen LogP contribution in [-0.2, 0) is 0 Å². The molecule has 3 aromatic carbocycles. The van der Waals surface area contributed by atoms with Gasteiger partial charge in [-0.1, -0.05) is 65.7 Å². The number of amides is 2. The van der Waals surface area contributed by atoms with Crippen LogP contribution in [0.2, 0.25) is 10.0 Å². The Balaban J connectivity index is 1.62. The number of hydrogen-bond donors (Lipinski definition) is 1. The molecule has 0 saturated heterocycles. The minimum Gasteiger partial charge on any atom is -0.306 e. The number of nitrogens with zero attached hydrogens (tertiary/aromatic N) is 2. The van der Waals surface area contributed by atoms with Gasteiger partial charge in [0.2, 0.25) is 0 Å². The molecule has 28 heavy (non-hydrogen) atoms. The van der Waals surface area contributed by atoms with Crippen molar-refractivity contribution in [2.45, 2.75) is 5.92 Å². The lowest BCUT2D eigenvalue weighted by molar-refractivity contribution is 0.218. The summed E-state index contributed by atoms with van der Waals surface area (Å²) in [4.78, 5) is 12.8. The van der Waals surface area contributed by atoms with Crippen LogP contribution >= 0.6 is 23.2 Å². The van der Waals surface area contributed by atoms with Crippen LogP contribution in [0.1, 0.15) is 17.0 Å². The van der Waals surface area contributed by atoms with Crippen molar-refractivity contribution in [3.8, 4) is 0 Å². The third-order valence-electron chi connectivity index (χ3n) is 4.59. The van der Waals surface area contributed by atoms with E-state index in [1.54, 1.807) is 24.3 Å². The molecule has 1 N–H and O–H groups in total. The van der Waals surface area contributed by atoms with Gasteiger partial charge in [-0.25, -0.2) is 9.80 Å². The molecule has 1 atom stereocenters. The first-order chi connectivity index (χ1) is 13.6. The molecule has 0 aliphatic carbocycles. The van der Waals surface area contributed by atoms with Crippen LogP contribution in [-0.4, -0.2) is 23.3 Å². The zero-order valence-electron chi connectivity index (χ0n) is 14.8. The lowest BCUT2D eigenvalue weighted by Gasteiger charge is -2.16. The molecule has 140 valence electrons. The number of rotatable bonds is 3. The number of benzene rings is 3. The van der Waals surface area contributed by atoms with Crippen LogP contribution in [0.15, 0.2) is 84.0 Å². The number of carbonyl (C=O) groups is 1. The fourth-order valence-electron chi connectivity index (χ4n) is 3.18. The molecule has 1 aliphatic rings. The van der Waals surface area contributed by atoms with Gasteiger partial charge in [0.15, 0.2) is 0 Å². The minimum atomic E-state index is -0.285. The number of hydrogen-bond acceptors (Lipinski definition) is 2. The fraction of sp³-hybridized carbons (Fsp3) is 0.0909. The predicted molar refractivity (Wildman–Crippen MR) is 114 cm³/mol. The van der Waals surface area contributed by atoms with E-state index in [9.17, 15) is 4.79 Å². The molecule has 4 rings (SSSR count). The Morgan fingerprint density at radius 2 is 1.50 bits per heavy atom. The number of urea groups is 1. The van der Waals surface area contributed by atoms with E-state index in [4.69, 9.17) is 23.2 Å². The maximum absolute atomic E-state index is 12.8. The van der Waals surface area contributed by atoms with Gasteiger partial charge in [-0.15, -0.1) is 0 Å². The van der Waals surface area contributed by atoms with Crippen molar-refractivity contribution in [2.24, 2.45) is 5.10 Å². The smallest absolute Gasteiger partial charge is 0.306 e. The van der Waals surface area contributed by atoms with E-state index in [1.807, 2.05) is 42.5 Å². The zero-order valence-corrected chi connectivity index (χ0v) is 16.4. The molecule has 1 aliphatic heterocycles. The molecule has 6 heteroatoms. The first-order valence-electron chi connectivity index (χ1n) is 8.83. The van der Waals surface area contributed by atoms with Crippen molar-refractivity contribution < 1.29 is 4.79 Å². The number of halogens is 2. The quantitative estimate of drug-likeness (QED) is 0.563. The maximum Gasteiger partial charge on any atom is 0.342 e. The van der Waals surface area contributed by atoms with Crippen molar-refractivity contribution in [1.82, 2.24) is 5.01 Å². The van der Waals surface area contributed by atoms with Crippen LogP contribution < -0.4 is 5.32 Å². The molecular weight excluding hydrogens is 393 g/mol. The molecule has 0 radical (unpaired) electrons. The number of hydrazone groups is 1. The molecule has 0 aromatic heterocycles. The van der Waals surface area contributed by atoms with Gasteiger partial charge in [-0.3, -0.25) is 0 Å². The van der Waals surface area contributed by atoms with Gasteiger partial charge in [0, 0.05) is 21.7 Å². The van der Waals surface area contributed by atoms with Crippen molar-refractivity contribution in [3.05, 3.63) is 100 Å². The lowest BCUT2D eigenvalue weighted by Crippen LogP contribution is -2.30. The zero-order chi connectivity index (χ0) is 19.5. The molecule has 0 fully saturated rings. The Hall–Kier alpha value is -2.82. The van der Waals surface area contributed by atoms with Crippen molar-refractivity contribution >= 4 is 40.6 Å². The first kappa shape index (κ1) is 18.5. The van der Waals surface area contributed by atoms with Gasteiger partial charge in [0.05, 0.1) is 12.3 Å². The van der Waals surface area contributed by atoms with Gasteiger partial charge in [0.1, 0.15) is 0 Å². The molecule has 1 unspecified atom stereocenters. The molecule has 3 aromatic rings. The fourth-order valence-corrected chi connectivity index (χ4v) is 3.43. The van der Waals surface area contributed by atoms with Crippen molar-refractivity contribution in [2.75, 3.05) is 11.9 Å². The third-order valence-corrected chi connectivity index (χ3v) is 5.09. The average molecular weight is 410 g/mol. The van der Waals surface area contributed by atoms with Crippen molar-refractivity contribution in [1.29, 1.82) is 0 Å². The number of nitrogens with one attached hydrogen (secondary N) is 1. The van der Waals surface area contributed by atoms with Crippen LogP contribution in [0.5, 0.6) is 0 Å². The van der Waals surface area contributed by atoms with Gasteiger partial charge in [0.25, 0.3) is 0 Å². The molecule has 1 heterocycles. The molecule has 2 amide bonds. The van der Waals surface area contributed by atoms with Gasteiger partial charge >= 0.3 is 6.03 Å². The highest BCUT2D eigenvalue weighted by atomic mass is 35.5. The summed E-state index contributed by atoms with van der Waals surface area (Å²) >= 11 is 11.9. The monoisotopic (exact) mass is 409 g/mol. The van der Waals surface area contributed by atoms with E-state index in [-0.39, 0.29) is 11.9 Å². The molecular formula is C22H17Cl2N3O. The van der Waals surface area contributed by atoms with Gasteiger partial charge < -0.3 is 5.32 Å². The van der Waals surface area contributed by atoms with Crippen LogP contribution in [0.3, 0.4) is 0 Å². The van der Waals surface area contributed by atoms with Crippen molar-refractivity contribution in [3.63, 3.8) is 0 Å². The van der Waals surface area contributed by atoms with E-state index in [0.29, 0.717) is 22.3 Å². The highest BCUT2D eigenvalue weighted by Crippen LogP contribution is 2.29. The van der Waals surface area contributed by atoms with E-state index in [1.165, 1.54) is 5.01 Å². The first-order valence-corrected chi connectivity index (χ1v) is 9.59. The van der Waals surface area contributed by atoms with Gasteiger partial charge in [-0.2, -0.15) is 5.10 Å². The Labute approximate surface area is 173 Å². The second-order valence-electron chi connectivity index (χ2n) is 6.47. The highest BCUT2D eigenvalue weighted by Gasteiger charge is 2.32. The number of carbonyl (C=O) groups excluding carboxylic acids is 1. The van der Waals surface area contributed by atoms with E-state index in [0.717, 1.165) is 16.8 Å². The third kappa shape index (κ3) is 4.03. The minimum absolute atomic E-state index is 0.0154. The van der Waals surface area contributed by atoms with E-state index >= 15 is 0 Å². The van der Waals surface area contributed by atoms with E-state index in [2.05, 4.69) is 22.6 Å². The molecule has 0 bridgehead atoms. The normalized spacial score (nSPS) is 16.0. The van der Waals surface area contributed by atoms with Crippen LogP contribution in [0.25, 0.3) is 0 Å². The topological polar surface area (TPSA) is 44.7 Å². The summed E-state index contributed by atoms with van der Waals surface area (Å²) in [6.45, 7) is 0.460. The molecule has 0 spiro atoms. The SMILES string of the molecule is O=C(Nc1ccc(Cl)cc1)N1CC(c2ccccc2)C(c2ccc(Cl)cc2)=N1. The molecule has 4 nitrogen and oxygen atoms in total. The largest absolute Gasteiger partial charge is 0.342 e. The standard InChI is InChI=1S/C22H17Cl2N3O/c23-17-8-6-16(7-9-17)21-20(15-4-2-1-3-5-15)14-27(26-21)22(28)25-19-12-10-18(24)11-13-19/h1-13,20H,14H2,(H,25,28). The second kappa shape index (κ2) is 8.05. The Morgan fingerprint density at radius 1 is 0.893 bits per heavy atom. The summed E-state index contributed by atoms with van der Waals surface area (Å²) in [6.07, 6.45) is 0. The van der Waals surface area contributed by atoms with Gasteiger partial charge in [-0.05, 0) is 47.5 Å².